The van der Waals surface area contributed by atoms with E-state index in [1.807, 2.05) is 6.92 Å². The molecule has 3 atom stereocenters. The third-order valence-electron chi connectivity index (χ3n) is 4.70. The zero-order valence-corrected chi connectivity index (χ0v) is 13.2. The first-order valence-electron chi connectivity index (χ1n) is 7.93. The van der Waals surface area contributed by atoms with Crippen molar-refractivity contribution < 1.29 is 14.1 Å². The lowest BCUT2D eigenvalue weighted by Gasteiger charge is -2.32. The Hall–Kier alpha value is -0.420. The van der Waals surface area contributed by atoms with E-state index in [-0.39, 0.29) is 23.6 Å². The van der Waals surface area contributed by atoms with E-state index in [0.29, 0.717) is 5.75 Å². The number of rotatable bonds is 5. The molecule has 0 spiro atoms. The summed E-state index contributed by atoms with van der Waals surface area (Å²) in [5.74, 6) is 0.584. The van der Waals surface area contributed by atoms with Crippen LogP contribution in [0.15, 0.2) is 0 Å². The summed E-state index contributed by atoms with van der Waals surface area (Å²) in [6.07, 6.45) is 7.74. The SMILES string of the molecule is CCS(=O)C1CCCCC1NC(=O)CC1(O)CCCC1. The molecule has 0 bridgehead atoms. The van der Waals surface area contributed by atoms with Gasteiger partial charge < -0.3 is 10.4 Å². The molecule has 2 N–H and O–H groups in total. The molecule has 0 radical (unpaired) electrons. The van der Waals surface area contributed by atoms with E-state index in [4.69, 9.17) is 0 Å². The van der Waals surface area contributed by atoms with Crippen LogP contribution in [0, 0.1) is 0 Å². The van der Waals surface area contributed by atoms with Gasteiger partial charge in [-0.2, -0.15) is 0 Å². The van der Waals surface area contributed by atoms with Gasteiger partial charge in [0.2, 0.25) is 5.91 Å². The highest BCUT2D eigenvalue weighted by atomic mass is 32.2. The van der Waals surface area contributed by atoms with Crippen molar-refractivity contribution in [2.75, 3.05) is 5.75 Å². The summed E-state index contributed by atoms with van der Waals surface area (Å²) in [5, 5.41) is 13.4. The Bertz CT molecular complexity index is 366. The summed E-state index contributed by atoms with van der Waals surface area (Å²) in [6, 6.07) is 0.0297. The van der Waals surface area contributed by atoms with E-state index in [2.05, 4.69) is 5.32 Å². The lowest BCUT2D eigenvalue weighted by Crippen LogP contribution is -2.48. The molecule has 0 aliphatic heterocycles. The number of nitrogens with one attached hydrogen (secondary N) is 1. The second-order valence-corrected chi connectivity index (χ2v) is 8.22. The van der Waals surface area contributed by atoms with E-state index in [0.717, 1.165) is 51.4 Å². The van der Waals surface area contributed by atoms with Crippen molar-refractivity contribution >= 4 is 16.7 Å². The molecule has 0 aromatic rings. The predicted molar refractivity (Wildman–Crippen MR) is 80.9 cm³/mol. The average molecular weight is 301 g/mol. The highest BCUT2D eigenvalue weighted by Gasteiger charge is 2.35. The lowest BCUT2D eigenvalue weighted by molar-refractivity contribution is -0.126. The van der Waals surface area contributed by atoms with Crippen molar-refractivity contribution in [2.45, 2.75) is 81.6 Å². The van der Waals surface area contributed by atoms with Gasteiger partial charge in [-0.1, -0.05) is 32.6 Å². The van der Waals surface area contributed by atoms with E-state index >= 15 is 0 Å². The van der Waals surface area contributed by atoms with Crippen LogP contribution in [0.25, 0.3) is 0 Å². The minimum Gasteiger partial charge on any atom is -0.389 e. The summed E-state index contributed by atoms with van der Waals surface area (Å²) in [6.45, 7) is 1.94. The van der Waals surface area contributed by atoms with Gasteiger partial charge in [0.15, 0.2) is 0 Å². The lowest BCUT2D eigenvalue weighted by atomic mass is 9.93. The summed E-state index contributed by atoms with van der Waals surface area (Å²) < 4.78 is 12.1. The van der Waals surface area contributed by atoms with Crippen LogP contribution in [-0.4, -0.2) is 37.9 Å². The van der Waals surface area contributed by atoms with Gasteiger partial charge in [-0.05, 0) is 25.7 Å². The average Bonchev–Trinajstić information content (AvgIpc) is 2.84. The van der Waals surface area contributed by atoms with Crippen LogP contribution in [-0.2, 0) is 15.6 Å². The largest absolute Gasteiger partial charge is 0.389 e. The Morgan fingerprint density at radius 1 is 1.25 bits per heavy atom. The number of hydrogen-bond acceptors (Lipinski definition) is 3. The first-order chi connectivity index (χ1) is 9.54. The van der Waals surface area contributed by atoms with Gasteiger partial charge in [0, 0.05) is 22.6 Å². The monoisotopic (exact) mass is 301 g/mol. The first kappa shape index (κ1) is 16.0. The molecule has 0 aromatic carbocycles. The van der Waals surface area contributed by atoms with Crippen LogP contribution >= 0.6 is 0 Å². The first-order valence-corrected chi connectivity index (χ1v) is 9.31. The Morgan fingerprint density at radius 3 is 2.55 bits per heavy atom. The minimum atomic E-state index is -0.852. The van der Waals surface area contributed by atoms with Crippen LogP contribution in [0.4, 0.5) is 0 Å². The molecular formula is C15H27NO3S. The van der Waals surface area contributed by atoms with E-state index in [9.17, 15) is 14.1 Å². The van der Waals surface area contributed by atoms with Crippen LogP contribution in [0.2, 0.25) is 0 Å². The number of amides is 1. The second kappa shape index (κ2) is 7.03. The third kappa shape index (κ3) is 4.04. The van der Waals surface area contributed by atoms with Gasteiger partial charge >= 0.3 is 0 Å². The number of hydrogen-bond donors (Lipinski definition) is 2. The van der Waals surface area contributed by atoms with Crippen molar-refractivity contribution in [3.05, 3.63) is 0 Å². The number of carbonyl (C=O) groups excluding carboxylic acids is 1. The Labute approximate surface area is 124 Å². The van der Waals surface area contributed by atoms with Gasteiger partial charge in [-0.25, -0.2) is 0 Å². The summed E-state index contributed by atoms with van der Waals surface area (Å²) >= 11 is 0. The van der Waals surface area contributed by atoms with Crippen molar-refractivity contribution in [1.29, 1.82) is 0 Å². The fourth-order valence-corrected chi connectivity index (χ4v) is 4.99. The minimum absolute atomic E-state index is 0.0297. The van der Waals surface area contributed by atoms with E-state index in [1.54, 1.807) is 0 Å². The maximum absolute atomic E-state index is 12.2. The van der Waals surface area contributed by atoms with Crippen molar-refractivity contribution in [2.24, 2.45) is 0 Å². The van der Waals surface area contributed by atoms with Crippen LogP contribution in [0.5, 0.6) is 0 Å². The molecular weight excluding hydrogens is 274 g/mol. The van der Waals surface area contributed by atoms with Crippen molar-refractivity contribution in [3.8, 4) is 0 Å². The Kier molecular flexibility index (Phi) is 5.61. The quantitative estimate of drug-likeness (QED) is 0.815. The highest BCUT2D eigenvalue weighted by molar-refractivity contribution is 7.85. The van der Waals surface area contributed by atoms with Gasteiger partial charge in [0.05, 0.1) is 17.3 Å². The molecule has 3 unspecified atom stereocenters. The van der Waals surface area contributed by atoms with Crippen LogP contribution in [0.3, 0.4) is 0 Å². The molecule has 0 aromatic heterocycles. The molecule has 2 fully saturated rings. The van der Waals surface area contributed by atoms with Gasteiger partial charge in [-0.3, -0.25) is 9.00 Å². The third-order valence-corrected chi connectivity index (χ3v) is 6.50. The molecule has 2 rings (SSSR count). The fourth-order valence-electron chi connectivity index (χ4n) is 3.56. The Balaban J connectivity index is 1.89. The van der Waals surface area contributed by atoms with Crippen LogP contribution in [0.1, 0.15) is 64.7 Å². The van der Waals surface area contributed by atoms with E-state index < -0.39 is 16.4 Å². The molecule has 2 aliphatic carbocycles. The van der Waals surface area contributed by atoms with Crippen LogP contribution < -0.4 is 5.32 Å². The predicted octanol–water partition coefficient (Wildman–Crippen LogP) is 1.88. The second-order valence-electron chi connectivity index (χ2n) is 6.27. The summed E-state index contributed by atoms with van der Waals surface area (Å²) in [4.78, 5) is 12.2. The van der Waals surface area contributed by atoms with Crippen molar-refractivity contribution in [1.82, 2.24) is 5.32 Å². The molecule has 2 aliphatic rings. The topological polar surface area (TPSA) is 66.4 Å². The summed E-state index contributed by atoms with van der Waals surface area (Å²) in [7, 11) is -0.852. The van der Waals surface area contributed by atoms with Gasteiger partial charge in [0.25, 0.3) is 0 Å². The molecule has 0 saturated heterocycles. The molecule has 0 heterocycles. The fraction of sp³-hybridized carbons (Fsp3) is 0.933. The van der Waals surface area contributed by atoms with Gasteiger partial charge in [0.1, 0.15) is 0 Å². The highest BCUT2D eigenvalue weighted by Crippen LogP contribution is 2.32. The van der Waals surface area contributed by atoms with Gasteiger partial charge in [-0.15, -0.1) is 0 Å². The zero-order chi connectivity index (χ0) is 14.6. The smallest absolute Gasteiger partial charge is 0.223 e. The zero-order valence-electron chi connectivity index (χ0n) is 12.4. The molecule has 20 heavy (non-hydrogen) atoms. The number of carbonyl (C=O) groups is 1. The number of aliphatic hydroxyl groups is 1. The summed E-state index contributed by atoms with van der Waals surface area (Å²) in [5.41, 5.74) is -0.793. The molecule has 2 saturated carbocycles. The Morgan fingerprint density at radius 2 is 1.90 bits per heavy atom. The van der Waals surface area contributed by atoms with Crippen molar-refractivity contribution in [3.63, 3.8) is 0 Å². The maximum atomic E-state index is 12.2. The molecule has 5 heteroatoms. The molecule has 116 valence electrons. The van der Waals surface area contributed by atoms with E-state index in [1.165, 1.54) is 0 Å². The molecule has 1 amide bonds. The standard InChI is InChI=1S/C15H27NO3S/c1-2-20(19)13-8-4-3-7-12(13)16-14(17)11-15(18)9-5-6-10-15/h12-13,18H,2-11H2,1H3,(H,16,17). The normalized spacial score (nSPS) is 30.9. The molecule has 4 nitrogen and oxygen atoms in total. The maximum Gasteiger partial charge on any atom is 0.223 e.